The molecule has 0 aromatic heterocycles. The molecule has 1 heterocycles. The Balaban J connectivity index is 1.57. The zero-order valence-corrected chi connectivity index (χ0v) is 10.7. The van der Waals surface area contributed by atoms with E-state index < -0.39 is 0 Å². The zero-order chi connectivity index (χ0) is 12.2. The maximum atomic E-state index is 6.03. The van der Waals surface area contributed by atoms with Gasteiger partial charge in [0.05, 0.1) is 6.61 Å². The molecule has 18 heavy (non-hydrogen) atoms. The molecule has 3 heteroatoms. The van der Waals surface area contributed by atoms with E-state index in [4.69, 9.17) is 9.47 Å². The largest absolute Gasteiger partial charge is 0.490 e. The molecule has 1 N–H and O–H groups in total. The molecule has 0 spiro atoms. The number of ether oxygens (including phenoxy) is 2. The molecule has 1 aliphatic heterocycles. The molecule has 0 amide bonds. The van der Waals surface area contributed by atoms with E-state index in [0.29, 0.717) is 6.04 Å². The number of fused-ring (bicyclic) bond motifs is 1. The minimum Gasteiger partial charge on any atom is -0.490 e. The Morgan fingerprint density at radius 3 is 2.67 bits per heavy atom. The third-order valence-electron chi connectivity index (χ3n) is 3.83. The fraction of sp³-hybridized carbons (Fsp3) is 0.600. The van der Waals surface area contributed by atoms with Gasteiger partial charge in [-0.25, -0.2) is 0 Å². The van der Waals surface area contributed by atoms with Crippen molar-refractivity contribution < 1.29 is 9.47 Å². The molecule has 3 rings (SSSR count). The van der Waals surface area contributed by atoms with Crippen LogP contribution in [-0.4, -0.2) is 25.3 Å². The lowest BCUT2D eigenvalue weighted by Crippen LogP contribution is -2.36. The van der Waals surface area contributed by atoms with Crippen LogP contribution in [0.15, 0.2) is 24.3 Å². The fourth-order valence-corrected chi connectivity index (χ4v) is 2.78. The maximum absolute atomic E-state index is 6.03. The highest BCUT2D eigenvalue weighted by Gasteiger charge is 2.20. The van der Waals surface area contributed by atoms with Crippen molar-refractivity contribution >= 4 is 0 Å². The van der Waals surface area contributed by atoms with Gasteiger partial charge in [0.25, 0.3) is 0 Å². The molecule has 1 unspecified atom stereocenters. The van der Waals surface area contributed by atoms with Gasteiger partial charge in [0.2, 0.25) is 0 Å². The van der Waals surface area contributed by atoms with Gasteiger partial charge in [0.15, 0.2) is 11.5 Å². The molecule has 1 aliphatic carbocycles. The fourth-order valence-electron chi connectivity index (χ4n) is 2.78. The molecule has 0 radical (unpaired) electrons. The summed E-state index contributed by atoms with van der Waals surface area (Å²) in [7, 11) is 0. The summed E-state index contributed by atoms with van der Waals surface area (Å²) in [5.41, 5.74) is 0. The van der Waals surface area contributed by atoms with Gasteiger partial charge in [0, 0.05) is 19.0 Å². The van der Waals surface area contributed by atoms with Crippen molar-refractivity contribution in [2.45, 2.75) is 44.2 Å². The maximum Gasteiger partial charge on any atom is 0.161 e. The second kappa shape index (κ2) is 5.61. The SMILES string of the molecule is c1ccc2c(c1)OCCC(CNC1CCCC1)O2. The van der Waals surface area contributed by atoms with E-state index in [0.717, 1.165) is 31.1 Å². The number of hydrogen-bond donors (Lipinski definition) is 1. The van der Waals surface area contributed by atoms with Crippen LogP contribution in [-0.2, 0) is 0 Å². The quantitative estimate of drug-likeness (QED) is 0.891. The Kier molecular flexibility index (Phi) is 3.69. The molecule has 2 aliphatic rings. The topological polar surface area (TPSA) is 30.5 Å². The second-order valence-corrected chi connectivity index (χ2v) is 5.21. The Labute approximate surface area is 108 Å². The summed E-state index contributed by atoms with van der Waals surface area (Å²) in [6, 6.07) is 8.65. The Morgan fingerprint density at radius 2 is 1.83 bits per heavy atom. The van der Waals surface area contributed by atoms with Crippen molar-refractivity contribution in [3.05, 3.63) is 24.3 Å². The first-order valence-corrected chi connectivity index (χ1v) is 7.04. The van der Waals surface area contributed by atoms with E-state index in [1.807, 2.05) is 24.3 Å². The Morgan fingerprint density at radius 1 is 1.06 bits per heavy atom. The summed E-state index contributed by atoms with van der Waals surface area (Å²) < 4.78 is 11.7. The molecule has 98 valence electrons. The van der Waals surface area contributed by atoms with E-state index in [1.54, 1.807) is 0 Å². The Bertz CT molecular complexity index is 388. The van der Waals surface area contributed by atoms with Crippen LogP contribution < -0.4 is 14.8 Å². The number of nitrogens with one attached hydrogen (secondary N) is 1. The van der Waals surface area contributed by atoms with Gasteiger partial charge in [-0.1, -0.05) is 25.0 Å². The predicted molar refractivity (Wildman–Crippen MR) is 71.2 cm³/mol. The smallest absolute Gasteiger partial charge is 0.161 e. The van der Waals surface area contributed by atoms with E-state index in [2.05, 4.69) is 5.32 Å². The van der Waals surface area contributed by atoms with E-state index in [9.17, 15) is 0 Å². The van der Waals surface area contributed by atoms with Crippen molar-refractivity contribution in [3.63, 3.8) is 0 Å². The first-order valence-electron chi connectivity index (χ1n) is 7.04. The lowest BCUT2D eigenvalue weighted by atomic mass is 10.2. The van der Waals surface area contributed by atoms with Crippen LogP contribution in [0.25, 0.3) is 0 Å². The third kappa shape index (κ3) is 2.78. The van der Waals surface area contributed by atoms with Crippen molar-refractivity contribution in [2.24, 2.45) is 0 Å². The highest BCUT2D eigenvalue weighted by atomic mass is 16.5. The molecular formula is C15H21NO2. The summed E-state index contributed by atoms with van der Waals surface area (Å²) in [5.74, 6) is 1.76. The normalized spacial score (nSPS) is 23.9. The molecule has 3 nitrogen and oxygen atoms in total. The lowest BCUT2D eigenvalue weighted by Gasteiger charge is -2.19. The van der Waals surface area contributed by atoms with E-state index >= 15 is 0 Å². The molecular weight excluding hydrogens is 226 g/mol. The van der Waals surface area contributed by atoms with Crippen LogP contribution in [0, 0.1) is 0 Å². The minimum absolute atomic E-state index is 0.231. The lowest BCUT2D eigenvalue weighted by molar-refractivity contribution is 0.183. The summed E-state index contributed by atoms with van der Waals surface area (Å²) in [5, 5.41) is 3.63. The van der Waals surface area contributed by atoms with Gasteiger partial charge in [-0.15, -0.1) is 0 Å². The standard InChI is InChI=1S/C15H21NO2/c1-2-6-12(5-1)16-11-13-9-10-17-14-7-3-4-8-15(14)18-13/h3-4,7-8,12-13,16H,1-2,5-6,9-11H2. The van der Waals surface area contributed by atoms with Crippen molar-refractivity contribution in [1.82, 2.24) is 5.32 Å². The Hall–Kier alpha value is -1.22. The van der Waals surface area contributed by atoms with Crippen LogP contribution in [0.5, 0.6) is 11.5 Å². The summed E-state index contributed by atoms with van der Waals surface area (Å²) in [6.07, 6.45) is 6.56. The first-order chi connectivity index (χ1) is 8.92. The molecule has 1 aromatic carbocycles. The van der Waals surface area contributed by atoms with Crippen LogP contribution in [0.2, 0.25) is 0 Å². The zero-order valence-electron chi connectivity index (χ0n) is 10.7. The highest BCUT2D eigenvalue weighted by Crippen LogP contribution is 2.30. The average molecular weight is 247 g/mol. The number of rotatable bonds is 3. The number of hydrogen-bond acceptors (Lipinski definition) is 3. The highest BCUT2D eigenvalue weighted by molar-refractivity contribution is 5.40. The first kappa shape index (κ1) is 11.8. The van der Waals surface area contributed by atoms with E-state index in [-0.39, 0.29) is 6.10 Å². The van der Waals surface area contributed by atoms with Gasteiger partial charge >= 0.3 is 0 Å². The van der Waals surface area contributed by atoms with Crippen molar-refractivity contribution in [2.75, 3.05) is 13.2 Å². The second-order valence-electron chi connectivity index (χ2n) is 5.21. The van der Waals surface area contributed by atoms with Crippen molar-refractivity contribution in [3.8, 4) is 11.5 Å². The van der Waals surface area contributed by atoms with Crippen LogP contribution in [0.3, 0.4) is 0 Å². The van der Waals surface area contributed by atoms with Crippen LogP contribution in [0.1, 0.15) is 32.1 Å². The van der Waals surface area contributed by atoms with Gasteiger partial charge < -0.3 is 14.8 Å². The van der Waals surface area contributed by atoms with Gasteiger partial charge in [-0.3, -0.25) is 0 Å². The van der Waals surface area contributed by atoms with Gasteiger partial charge in [-0.2, -0.15) is 0 Å². The monoisotopic (exact) mass is 247 g/mol. The van der Waals surface area contributed by atoms with Gasteiger partial charge in [-0.05, 0) is 25.0 Å². The molecule has 1 atom stereocenters. The number of para-hydroxylation sites is 2. The summed E-state index contributed by atoms with van der Waals surface area (Å²) in [4.78, 5) is 0. The number of benzene rings is 1. The molecule has 1 saturated carbocycles. The van der Waals surface area contributed by atoms with Crippen molar-refractivity contribution in [1.29, 1.82) is 0 Å². The molecule has 0 saturated heterocycles. The predicted octanol–water partition coefficient (Wildman–Crippen LogP) is 2.75. The minimum atomic E-state index is 0.231. The summed E-state index contributed by atoms with van der Waals surface area (Å²) >= 11 is 0. The third-order valence-corrected chi connectivity index (χ3v) is 3.83. The molecule has 1 fully saturated rings. The van der Waals surface area contributed by atoms with E-state index in [1.165, 1.54) is 25.7 Å². The van der Waals surface area contributed by atoms with Crippen LogP contribution >= 0.6 is 0 Å². The summed E-state index contributed by atoms with van der Waals surface area (Å²) in [6.45, 7) is 1.68. The van der Waals surface area contributed by atoms with Gasteiger partial charge in [0.1, 0.15) is 6.10 Å². The van der Waals surface area contributed by atoms with Crippen LogP contribution in [0.4, 0.5) is 0 Å². The molecule has 1 aromatic rings. The molecule has 0 bridgehead atoms. The average Bonchev–Trinajstić information content (AvgIpc) is 2.82.